The quantitative estimate of drug-likeness (QED) is 0.259. The third kappa shape index (κ3) is 5.19. The molecule has 0 spiro atoms. The van der Waals surface area contributed by atoms with E-state index in [-0.39, 0.29) is 34.9 Å². The van der Waals surface area contributed by atoms with Gasteiger partial charge in [0, 0.05) is 12.6 Å². The number of primary amides is 1. The van der Waals surface area contributed by atoms with E-state index < -0.39 is 23.7 Å². The Balaban J connectivity index is 1.38. The molecule has 0 radical (unpaired) electrons. The van der Waals surface area contributed by atoms with Crippen molar-refractivity contribution < 1.29 is 19.1 Å². The van der Waals surface area contributed by atoms with Gasteiger partial charge in [-0.3, -0.25) is 15.1 Å². The summed E-state index contributed by atoms with van der Waals surface area (Å²) in [5, 5.41) is 16.9. The molecule has 2 saturated carbocycles. The highest BCUT2D eigenvalue weighted by Crippen LogP contribution is 2.52. The monoisotopic (exact) mass is 478 g/mol. The molecule has 2 aromatic rings. The number of benzene rings is 1. The van der Waals surface area contributed by atoms with Gasteiger partial charge in [-0.1, -0.05) is 12.1 Å². The SMILES string of the molecule is CONc1cccc(C(O)CNCC2CC3CC2C(Nc2nc(Cl)ncc2F)C3C(N)=O)c1. The van der Waals surface area contributed by atoms with Gasteiger partial charge in [0.05, 0.1) is 31.0 Å². The van der Waals surface area contributed by atoms with Crippen LogP contribution in [-0.2, 0) is 9.63 Å². The van der Waals surface area contributed by atoms with Gasteiger partial charge in [0.25, 0.3) is 0 Å². The van der Waals surface area contributed by atoms with Crippen molar-refractivity contribution in [2.45, 2.75) is 25.0 Å². The minimum Gasteiger partial charge on any atom is -0.387 e. The Bertz CT molecular complexity index is 998. The number of nitrogens with zero attached hydrogens (tertiary/aromatic N) is 2. The molecule has 1 aromatic carbocycles. The number of hydrogen-bond acceptors (Lipinski definition) is 8. The third-order valence-corrected chi connectivity index (χ3v) is 6.91. The number of hydrogen-bond donors (Lipinski definition) is 5. The molecule has 178 valence electrons. The molecular formula is C22H28ClFN6O3. The lowest BCUT2D eigenvalue weighted by Crippen LogP contribution is -2.47. The molecule has 1 amide bonds. The third-order valence-electron chi connectivity index (χ3n) is 6.72. The van der Waals surface area contributed by atoms with Crippen molar-refractivity contribution in [3.8, 4) is 0 Å². The van der Waals surface area contributed by atoms with Gasteiger partial charge >= 0.3 is 0 Å². The van der Waals surface area contributed by atoms with Crippen LogP contribution < -0.4 is 21.8 Å². The average molecular weight is 479 g/mol. The fourth-order valence-corrected chi connectivity index (χ4v) is 5.52. The number of rotatable bonds is 10. The van der Waals surface area contributed by atoms with Crippen LogP contribution in [0.3, 0.4) is 0 Å². The predicted molar refractivity (Wildman–Crippen MR) is 122 cm³/mol. The van der Waals surface area contributed by atoms with Crippen molar-refractivity contribution in [3.05, 3.63) is 47.1 Å². The van der Waals surface area contributed by atoms with E-state index in [4.69, 9.17) is 22.2 Å². The first kappa shape index (κ1) is 23.6. The summed E-state index contributed by atoms with van der Waals surface area (Å²) in [5.74, 6) is -0.970. The average Bonchev–Trinajstić information content (AvgIpc) is 3.35. The van der Waals surface area contributed by atoms with E-state index in [0.29, 0.717) is 13.1 Å². The molecule has 11 heteroatoms. The number of aliphatic hydroxyl groups excluding tert-OH is 1. The van der Waals surface area contributed by atoms with E-state index >= 15 is 0 Å². The number of nitrogens with two attached hydrogens (primary N) is 1. The highest BCUT2D eigenvalue weighted by atomic mass is 35.5. The summed E-state index contributed by atoms with van der Waals surface area (Å²) in [6, 6.07) is 7.03. The van der Waals surface area contributed by atoms with Crippen molar-refractivity contribution in [1.82, 2.24) is 15.3 Å². The summed E-state index contributed by atoms with van der Waals surface area (Å²) < 4.78 is 14.2. The number of carbonyl (C=O) groups is 1. The van der Waals surface area contributed by atoms with Gasteiger partial charge in [-0.25, -0.2) is 9.37 Å². The van der Waals surface area contributed by atoms with Gasteiger partial charge in [-0.05, 0) is 66.4 Å². The second-order valence-electron chi connectivity index (χ2n) is 8.69. The molecule has 1 aromatic heterocycles. The maximum absolute atomic E-state index is 14.2. The van der Waals surface area contributed by atoms with E-state index in [9.17, 15) is 14.3 Å². The van der Waals surface area contributed by atoms with Crippen molar-refractivity contribution in [3.63, 3.8) is 0 Å². The van der Waals surface area contributed by atoms with Crippen LogP contribution in [-0.4, -0.2) is 47.2 Å². The molecule has 2 aliphatic carbocycles. The Hall–Kier alpha value is -2.53. The molecule has 0 aliphatic heterocycles. The number of halogens is 2. The van der Waals surface area contributed by atoms with Crippen LogP contribution in [0.25, 0.3) is 0 Å². The summed E-state index contributed by atoms with van der Waals surface area (Å²) in [7, 11) is 1.53. The number of aromatic nitrogens is 2. The van der Waals surface area contributed by atoms with Gasteiger partial charge in [0.15, 0.2) is 11.6 Å². The van der Waals surface area contributed by atoms with Crippen molar-refractivity contribution in [2.24, 2.45) is 29.4 Å². The summed E-state index contributed by atoms with van der Waals surface area (Å²) in [4.78, 5) is 24.6. The summed E-state index contributed by atoms with van der Waals surface area (Å²) in [6.45, 7) is 1.03. The normalized spacial score (nSPS) is 26.8. The van der Waals surface area contributed by atoms with Gasteiger partial charge in [0.2, 0.25) is 11.2 Å². The summed E-state index contributed by atoms with van der Waals surface area (Å²) in [5.41, 5.74) is 9.95. The van der Waals surface area contributed by atoms with Crippen LogP contribution in [0.5, 0.6) is 0 Å². The van der Waals surface area contributed by atoms with Crippen LogP contribution in [0.1, 0.15) is 24.5 Å². The van der Waals surface area contributed by atoms with E-state index in [1.54, 1.807) is 0 Å². The molecule has 6 atom stereocenters. The van der Waals surface area contributed by atoms with Crippen LogP contribution in [0.4, 0.5) is 15.9 Å². The molecule has 9 nitrogen and oxygen atoms in total. The topological polar surface area (TPSA) is 134 Å². The van der Waals surface area contributed by atoms with Crippen molar-refractivity contribution >= 4 is 29.0 Å². The van der Waals surface area contributed by atoms with Gasteiger partial charge < -0.3 is 21.5 Å². The lowest BCUT2D eigenvalue weighted by atomic mass is 9.77. The number of nitrogens with one attached hydrogen (secondary N) is 3. The lowest BCUT2D eigenvalue weighted by Gasteiger charge is -2.35. The summed E-state index contributed by atoms with van der Waals surface area (Å²) >= 11 is 5.82. The van der Waals surface area contributed by atoms with Crippen LogP contribution in [0.2, 0.25) is 5.28 Å². The molecule has 2 aliphatic rings. The molecule has 2 bridgehead atoms. The number of anilines is 2. The highest BCUT2D eigenvalue weighted by Gasteiger charge is 2.54. The standard InChI is InChI=1S/C22H28ClFN6O3/c1-33-30-14-4-2-3-11(6-14)17(31)10-26-8-13-5-12-7-15(13)19(18(12)20(25)32)28-21-16(24)9-27-22(23)29-21/h2-4,6,9,12-13,15,17-19,26,30-31H,5,7-8,10H2,1H3,(H2,25,32)(H,27,28,29). The number of amides is 1. The van der Waals surface area contributed by atoms with Crippen LogP contribution >= 0.6 is 11.6 Å². The smallest absolute Gasteiger partial charge is 0.224 e. The molecule has 6 N–H and O–H groups in total. The van der Waals surface area contributed by atoms with Crippen LogP contribution in [0, 0.1) is 29.5 Å². The minimum atomic E-state index is -0.688. The zero-order chi connectivity index (χ0) is 23.5. The summed E-state index contributed by atoms with van der Waals surface area (Å²) in [6.07, 6.45) is 1.99. The first-order valence-corrected chi connectivity index (χ1v) is 11.3. The van der Waals surface area contributed by atoms with Gasteiger partial charge in [-0.15, -0.1) is 0 Å². The zero-order valence-electron chi connectivity index (χ0n) is 18.2. The number of fused-ring (bicyclic) bond motifs is 2. The number of carbonyl (C=O) groups excluding carboxylic acids is 1. The Labute approximate surface area is 196 Å². The van der Waals surface area contributed by atoms with Gasteiger partial charge in [0.1, 0.15) is 0 Å². The fourth-order valence-electron chi connectivity index (χ4n) is 5.39. The second-order valence-corrected chi connectivity index (χ2v) is 9.03. The van der Waals surface area contributed by atoms with E-state index in [1.165, 1.54) is 7.11 Å². The molecule has 6 unspecified atom stereocenters. The van der Waals surface area contributed by atoms with Crippen molar-refractivity contribution in [1.29, 1.82) is 0 Å². The Morgan fingerprint density at radius 1 is 1.42 bits per heavy atom. The molecule has 4 rings (SSSR count). The Kier molecular flexibility index (Phi) is 7.28. The largest absolute Gasteiger partial charge is 0.387 e. The maximum Gasteiger partial charge on any atom is 0.224 e. The van der Waals surface area contributed by atoms with E-state index in [1.807, 2.05) is 24.3 Å². The predicted octanol–water partition coefficient (Wildman–Crippen LogP) is 2.10. The molecular weight excluding hydrogens is 451 g/mol. The number of aliphatic hydroxyl groups is 1. The molecule has 2 fully saturated rings. The molecule has 33 heavy (non-hydrogen) atoms. The minimum absolute atomic E-state index is 0.0227. The van der Waals surface area contributed by atoms with E-state index in [0.717, 1.165) is 30.3 Å². The maximum atomic E-state index is 14.2. The Morgan fingerprint density at radius 3 is 3.00 bits per heavy atom. The highest BCUT2D eigenvalue weighted by molar-refractivity contribution is 6.28. The van der Waals surface area contributed by atoms with Crippen molar-refractivity contribution in [2.75, 3.05) is 31.0 Å². The van der Waals surface area contributed by atoms with Crippen LogP contribution in [0.15, 0.2) is 30.5 Å². The molecule has 1 heterocycles. The Morgan fingerprint density at radius 2 is 2.24 bits per heavy atom. The van der Waals surface area contributed by atoms with Gasteiger partial charge in [-0.2, -0.15) is 4.98 Å². The second kappa shape index (κ2) is 10.2. The zero-order valence-corrected chi connectivity index (χ0v) is 18.9. The fraction of sp³-hybridized carbons (Fsp3) is 0.500. The molecule has 0 saturated heterocycles. The first-order chi connectivity index (χ1) is 15.9. The van der Waals surface area contributed by atoms with E-state index in [2.05, 4.69) is 26.1 Å². The lowest BCUT2D eigenvalue weighted by molar-refractivity contribution is -0.123. The first-order valence-electron chi connectivity index (χ1n) is 10.9.